The van der Waals surface area contributed by atoms with Crippen LogP contribution in [0.25, 0.3) is 16.2 Å². The Morgan fingerprint density at radius 1 is 1.26 bits per heavy atom. The maximum atomic E-state index is 9.63. The molecule has 19 heavy (non-hydrogen) atoms. The van der Waals surface area contributed by atoms with Crippen LogP contribution in [0.1, 0.15) is 29.5 Å². The SMILES string of the molecule is OCc1c(-c2ccccc2)nc2sc(C3CC3)nn12. The van der Waals surface area contributed by atoms with E-state index in [0.29, 0.717) is 5.92 Å². The molecule has 0 unspecified atom stereocenters. The Morgan fingerprint density at radius 3 is 2.74 bits per heavy atom. The lowest BCUT2D eigenvalue weighted by atomic mass is 10.1. The summed E-state index contributed by atoms with van der Waals surface area (Å²) in [6.07, 6.45) is 2.47. The van der Waals surface area contributed by atoms with Gasteiger partial charge in [0.1, 0.15) is 5.01 Å². The lowest BCUT2D eigenvalue weighted by molar-refractivity contribution is 0.275. The number of nitrogens with zero attached hydrogens (tertiary/aromatic N) is 3. The lowest BCUT2D eigenvalue weighted by Crippen LogP contribution is -1.96. The van der Waals surface area contributed by atoms with Gasteiger partial charge in [-0.1, -0.05) is 41.7 Å². The van der Waals surface area contributed by atoms with Crippen molar-refractivity contribution in [2.45, 2.75) is 25.4 Å². The third-order valence-electron chi connectivity index (χ3n) is 3.44. The fraction of sp³-hybridized carbons (Fsp3) is 0.286. The highest BCUT2D eigenvalue weighted by Gasteiger charge is 2.29. The monoisotopic (exact) mass is 271 g/mol. The molecule has 1 fully saturated rings. The van der Waals surface area contributed by atoms with E-state index in [-0.39, 0.29) is 6.61 Å². The maximum absolute atomic E-state index is 9.63. The van der Waals surface area contributed by atoms with Crippen molar-refractivity contribution in [3.63, 3.8) is 0 Å². The molecule has 96 valence electrons. The molecule has 4 nitrogen and oxygen atoms in total. The Balaban J connectivity index is 1.89. The molecule has 0 saturated heterocycles. The van der Waals surface area contributed by atoms with Gasteiger partial charge in [-0.2, -0.15) is 5.10 Å². The number of hydrogen-bond acceptors (Lipinski definition) is 4. The zero-order valence-electron chi connectivity index (χ0n) is 10.3. The van der Waals surface area contributed by atoms with Crippen LogP contribution in [0.3, 0.4) is 0 Å². The predicted molar refractivity (Wildman–Crippen MR) is 74.2 cm³/mol. The van der Waals surface area contributed by atoms with Crippen LogP contribution in [0.15, 0.2) is 30.3 Å². The number of aliphatic hydroxyl groups is 1. The zero-order chi connectivity index (χ0) is 12.8. The molecule has 1 aliphatic rings. The first-order chi connectivity index (χ1) is 9.36. The van der Waals surface area contributed by atoms with Crippen molar-refractivity contribution in [1.82, 2.24) is 14.6 Å². The average molecular weight is 271 g/mol. The van der Waals surface area contributed by atoms with Gasteiger partial charge in [-0.3, -0.25) is 0 Å². The van der Waals surface area contributed by atoms with E-state index in [4.69, 9.17) is 0 Å². The summed E-state index contributed by atoms with van der Waals surface area (Å²) in [7, 11) is 0. The fourth-order valence-electron chi connectivity index (χ4n) is 2.27. The van der Waals surface area contributed by atoms with Gasteiger partial charge in [0.25, 0.3) is 0 Å². The number of rotatable bonds is 3. The highest BCUT2D eigenvalue weighted by molar-refractivity contribution is 7.16. The van der Waals surface area contributed by atoms with E-state index >= 15 is 0 Å². The van der Waals surface area contributed by atoms with Crippen LogP contribution in [-0.4, -0.2) is 19.7 Å². The number of imidazole rings is 1. The van der Waals surface area contributed by atoms with Gasteiger partial charge in [-0.25, -0.2) is 9.50 Å². The van der Waals surface area contributed by atoms with Gasteiger partial charge >= 0.3 is 0 Å². The summed E-state index contributed by atoms with van der Waals surface area (Å²) >= 11 is 1.64. The Bertz CT molecular complexity index is 728. The smallest absolute Gasteiger partial charge is 0.213 e. The fourth-order valence-corrected chi connectivity index (χ4v) is 3.36. The first kappa shape index (κ1) is 11.1. The summed E-state index contributed by atoms with van der Waals surface area (Å²) in [6, 6.07) is 9.95. The molecule has 0 atom stereocenters. The van der Waals surface area contributed by atoms with Crippen LogP contribution in [0.2, 0.25) is 0 Å². The van der Waals surface area contributed by atoms with E-state index in [9.17, 15) is 5.11 Å². The Kier molecular flexibility index (Phi) is 2.43. The molecule has 0 aliphatic heterocycles. The van der Waals surface area contributed by atoms with Crippen LogP contribution in [-0.2, 0) is 6.61 Å². The van der Waals surface area contributed by atoms with Gasteiger partial charge in [-0.15, -0.1) is 0 Å². The largest absolute Gasteiger partial charge is 0.390 e. The molecule has 0 radical (unpaired) electrons. The topological polar surface area (TPSA) is 50.4 Å². The van der Waals surface area contributed by atoms with E-state index in [1.165, 1.54) is 12.8 Å². The molecule has 2 heterocycles. The predicted octanol–water partition coefficient (Wildman–Crippen LogP) is 2.83. The molecule has 1 aromatic carbocycles. The molecule has 1 aliphatic carbocycles. The first-order valence-electron chi connectivity index (χ1n) is 6.41. The number of aliphatic hydroxyl groups excluding tert-OH is 1. The first-order valence-corrected chi connectivity index (χ1v) is 7.23. The summed E-state index contributed by atoms with van der Waals surface area (Å²) in [5.74, 6) is 0.624. The molecule has 2 aromatic heterocycles. The van der Waals surface area contributed by atoms with Crippen molar-refractivity contribution in [3.05, 3.63) is 41.0 Å². The van der Waals surface area contributed by atoms with Crippen LogP contribution in [0, 0.1) is 0 Å². The van der Waals surface area contributed by atoms with Crippen molar-refractivity contribution < 1.29 is 5.11 Å². The number of benzene rings is 1. The van der Waals surface area contributed by atoms with Crippen molar-refractivity contribution in [1.29, 1.82) is 0 Å². The molecule has 3 aromatic rings. The molecule has 4 rings (SSSR count). The maximum Gasteiger partial charge on any atom is 0.213 e. The molecule has 1 N–H and O–H groups in total. The molecule has 0 amide bonds. The number of aromatic nitrogens is 3. The summed E-state index contributed by atoms with van der Waals surface area (Å²) < 4.78 is 1.81. The summed E-state index contributed by atoms with van der Waals surface area (Å²) in [5, 5.41) is 15.4. The van der Waals surface area contributed by atoms with Crippen molar-refractivity contribution in [2.75, 3.05) is 0 Å². The van der Waals surface area contributed by atoms with E-state index < -0.39 is 0 Å². The molecular formula is C14H13N3OS. The van der Waals surface area contributed by atoms with Crippen molar-refractivity contribution >= 4 is 16.3 Å². The lowest BCUT2D eigenvalue weighted by Gasteiger charge is -2.00. The molecule has 5 heteroatoms. The molecule has 0 bridgehead atoms. The van der Waals surface area contributed by atoms with Crippen LogP contribution >= 0.6 is 11.3 Å². The molecular weight excluding hydrogens is 258 g/mol. The molecule has 0 spiro atoms. The minimum absolute atomic E-state index is 0.0424. The summed E-state index contributed by atoms with van der Waals surface area (Å²) in [6.45, 7) is -0.0424. The van der Waals surface area contributed by atoms with E-state index in [2.05, 4.69) is 10.1 Å². The Hall–Kier alpha value is -1.72. The highest BCUT2D eigenvalue weighted by atomic mass is 32.1. The van der Waals surface area contributed by atoms with Crippen LogP contribution in [0.5, 0.6) is 0 Å². The van der Waals surface area contributed by atoms with Gasteiger partial charge in [0.05, 0.1) is 18.0 Å². The van der Waals surface area contributed by atoms with Crippen LogP contribution < -0.4 is 0 Å². The Labute approximate surface area is 114 Å². The van der Waals surface area contributed by atoms with Crippen molar-refractivity contribution in [3.8, 4) is 11.3 Å². The minimum atomic E-state index is -0.0424. The second-order valence-electron chi connectivity index (χ2n) is 4.84. The van der Waals surface area contributed by atoms with Crippen molar-refractivity contribution in [2.24, 2.45) is 0 Å². The summed E-state index contributed by atoms with van der Waals surface area (Å²) in [4.78, 5) is 5.52. The third-order valence-corrected chi connectivity index (χ3v) is 4.51. The zero-order valence-corrected chi connectivity index (χ0v) is 11.1. The minimum Gasteiger partial charge on any atom is -0.390 e. The second kappa shape index (κ2) is 4.15. The number of hydrogen-bond donors (Lipinski definition) is 1. The van der Waals surface area contributed by atoms with Gasteiger partial charge < -0.3 is 5.11 Å². The van der Waals surface area contributed by atoms with E-state index in [1.54, 1.807) is 15.9 Å². The number of fused-ring (bicyclic) bond motifs is 1. The van der Waals surface area contributed by atoms with Gasteiger partial charge in [0, 0.05) is 11.5 Å². The third kappa shape index (κ3) is 1.77. The average Bonchev–Trinajstić information content (AvgIpc) is 3.12. The second-order valence-corrected chi connectivity index (χ2v) is 5.83. The quantitative estimate of drug-likeness (QED) is 0.797. The standard InChI is InChI=1S/C14H13N3OS/c18-8-11-12(9-4-2-1-3-5-9)15-14-17(11)16-13(19-14)10-6-7-10/h1-5,10,18H,6-8H2. The highest BCUT2D eigenvalue weighted by Crippen LogP contribution is 2.42. The molecule has 1 saturated carbocycles. The van der Waals surface area contributed by atoms with Crippen LogP contribution in [0.4, 0.5) is 0 Å². The van der Waals surface area contributed by atoms with E-state index in [1.807, 2.05) is 30.3 Å². The van der Waals surface area contributed by atoms with E-state index in [0.717, 1.165) is 26.9 Å². The van der Waals surface area contributed by atoms with Gasteiger partial charge in [0.15, 0.2) is 0 Å². The Morgan fingerprint density at radius 2 is 2.05 bits per heavy atom. The normalized spacial score (nSPS) is 15.2. The summed E-state index contributed by atoms with van der Waals surface area (Å²) in [5.41, 5.74) is 2.64. The van der Waals surface area contributed by atoms with Gasteiger partial charge in [0.2, 0.25) is 4.96 Å². The van der Waals surface area contributed by atoms with Gasteiger partial charge in [-0.05, 0) is 12.8 Å².